The zero-order valence-electron chi connectivity index (χ0n) is 18.1. The summed E-state index contributed by atoms with van der Waals surface area (Å²) in [4.78, 5) is 28.6. The molecule has 1 aliphatic rings. The van der Waals surface area contributed by atoms with Gasteiger partial charge in [0.05, 0.1) is 13.0 Å². The molecule has 35 heavy (non-hydrogen) atoms. The first-order valence-corrected chi connectivity index (χ1v) is 10.4. The summed E-state index contributed by atoms with van der Waals surface area (Å²) in [5.74, 6) is -3.42. The minimum atomic E-state index is -5.38. The van der Waals surface area contributed by atoms with Crippen LogP contribution in [-0.2, 0) is 26.9 Å². The number of carbonyl (C=O) groups excluding carboxylic acids is 2. The number of piperidine rings is 1. The van der Waals surface area contributed by atoms with Crippen LogP contribution in [0.5, 0.6) is 5.88 Å². The Hall–Kier alpha value is -3.35. The number of alkyl halides is 6. The van der Waals surface area contributed by atoms with Crippen LogP contribution in [0.25, 0.3) is 0 Å². The van der Waals surface area contributed by atoms with Crippen molar-refractivity contribution in [1.82, 2.24) is 9.88 Å². The average molecular weight is 505 g/mol. The largest absolute Gasteiger partial charge is 0.490 e. The molecule has 13 heteroatoms. The standard InChI is InChI=1S/C22H21F6N3O4/c23-21(24,25)16-10-14(19(29)35-20(33)22(26,27)28)11-17(30-16)34-15-7-4-8-31(12-15)18(32)9-13-5-2-1-3-6-13/h1-3,5-6,10-11,15,19H,4,7-9,12,29H2/t15-,19?/m0/s1. The Morgan fingerprint density at radius 2 is 1.80 bits per heavy atom. The molecule has 1 fully saturated rings. The lowest BCUT2D eigenvalue weighted by atomic mass is 10.1. The number of benzene rings is 1. The molecule has 2 N–H and O–H groups in total. The first-order chi connectivity index (χ1) is 16.3. The van der Waals surface area contributed by atoms with Crippen LogP contribution in [0.2, 0.25) is 0 Å². The fourth-order valence-electron chi connectivity index (χ4n) is 3.46. The van der Waals surface area contributed by atoms with Gasteiger partial charge in [-0.1, -0.05) is 30.3 Å². The highest BCUT2D eigenvalue weighted by Gasteiger charge is 2.42. The Labute approximate surface area is 195 Å². The Morgan fingerprint density at radius 3 is 2.43 bits per heavy atom. The van der Waals surface area contributed by atoms with Gasteiger partial charge in [-0.25, -0.2) is 9.78 Å². The van der Waals surface area contributed by atoms with Gasteiger partial charge in [-0.2, -0.15) is 26.3 Å². The first-order valence-electron chi connectivity index (χ1n) is 10.4. The number of hydrogen-bond acceptors (Lipinski definition) is 6. The number of hydrogen-bond donors (Lipinski definition) is 1. The van der Waals surface area contributed by atoms with Gasteiger partial charge >= 0.3 is 18.3 Å². The molecule has 2 aromatic rings. The van der Waals surface area contributed by atoms with Crippen molar-refractivity contribution in [2.75, 3.05) is 13.1 Å². The van der Waals surface area contributed by atoms with Crippen molar-refractivity contribution in [2.45, 2.75) is 43.9 Å². The number of aromatic nitrogens is 1. The van der Waals surface area contributed by atoms with E-state index in [0.29, 0.717) is 25.5 Å². The fraction of sp³-hybridized carbons (Fsp3) is 0.409. The molecule has 190 valence electrons. The molecular weight excluding hydrogens is 484 g/mol. The summed E-state index contributed by atoms with van der Waals surface area (Å²) in [6, 6.07) is 10.2. The number of nitrogens with zero attached hydrogens (tertiary/aromatic N) is 2. The third-order valence-electron chi connectivity index (χ3n) is 5.13. The number of carbonyl (C=O) groups is 2. The van der Waals surface area contributed by atoms with E-state index in [-0.39, 0.29) is 18.9 Å². The van der Waals surface area contributed by atoms with Crippen LogP contribution in [0.15, 0.2) is 42.5 Å². The van der Waals surface area contributed by atoms with E-state index >= 15 is 0 Å². The predicted octanol–water partition coefficient (Wildman–Crippen LogP) is 3.78. The second kappa shape index (κ2) is 10.5. The van der Waals surface area contributed by atoms with Crippen molar-refractivity contribution in [1.29, 1.82) is 0 Å². The molecule has 0 spiro atoms. The maximum Gasteiger partial charge on any atom is 0.490 e. The molecular formula is C22H21F6N3O4. The Bertz CT molecular complexity index is 1050. The number of likely N-dealkylation sites (tertiary alicyclic amines) is 1. The second-order valence-electron chi connectivity index (χ2n) is 7.83. The Kier molecular flexibility index (Phi) is 7.88. The first kappa shape index (κ1) is 26.3. The molecule has 1 unspecified atom stereocenters. The quantitative estimate of drug-likeness (QED) is 0.365. The van der Waals surface area contributed by atoms with Crippen LogP contribution < -0.4 is 10.5 Å². The molecule has 3 rings (SSSR count). The van der Waals surface area contributed by atoms with Gasteiger partial charge in [0.1, 0.15) is 11.8 Å². The minimum Gasteiger partial charge on any atom is -0.472 e. The topological polar surface area (TPSA) is 94.7 Å². The summed E-state index contributed by atoms with van der Waals surface area (Å²) >= 11 is 0. The molecule has 1 aliphatic heterocycles. The number of amides is 1. The zero-order valence-corrected chi connectivity index (χ0v) is 18.1. The monoisotopic (exact) mass is 505 g/mol. The lowest BCUT2D eigenvalue weighted by molar-refractivity contribution is -0.205. The van der Waals surface area contributed by atoms with Gasteiger partial charge < -0.3 is 14.4 Å². The highest BCUT2D eigenvalue weighted by Crippen LogP contribution is 2.32. The van der Waals surface area contributed by atoms with Gasteiger partial charge in [0.15, 0.2) is 6.23 Å². The number of halogens is 6. The molecule has 1 aromatic heterocycles. The predicted molar refractivity (Wildman–Crippen MR) is 109 cm³/mol. The van der Waals surface area contributed by atoms with Gasteiger partial charge in [-0.3, -0.25) is 10.5 Å². The van der Waals surface area contributed by atoms with E-state index in [0.717, 1.165) is 11.6 Å². The van der Waals surface area contributed by atoms with Crippen LogP contribution in [0, 0.1) is 0 Å². The molecule has 0 saturated carbocycles. The van der Waals surface area contributed by atoms with Gasteiger partial charge in [-0.05, 0) is 24.5 Å². The summed E-state index contributed by atoms with van der Waals surface area (Å²) in [6.45, 7) is 0.513. The minimum absolute atomic E-state index is 0.0774. The van der Waals surface area contributed by atoms with Crippen LogP contribution in [0.4, 0.5) is 26.3 Å². The summed E-state index contributed by atoms with van der Waals surface area (Å²) in [5.41, 5.74) is 4.11. The third-order valence-corrected chi connectivity index (χ3v) is 5.13. The molecule has 2 atom stereocenters. The van der Waals surface area contributed by atoms with E-state index in [2.05, 4.69) is 9.72 Å². The maximum absolute atomic E-state index is 13.3. The number of rotatable bonds is 6. The molecule has 7 nitrogen and oxygen atoms in total. The normalized spacial score (nSPS) is 17.6. The number of ether oxygens (including phenoxy) is 2. The highest BCUT2D eigenvalue weighted by molar-refractivity contribution is 5.79. The maximum atomic E-state index is 13.3. The van der Waals surface area contributed by atoms with Crippen LogP contribution in [-0.4, -0.2) is 47.1 Å². The molecule has 1 amide bonds. The van der Waals surface area contributed by atoms with E-state index in [1.165, 1.54) is 4.90 Å². The number of pyridine rings is 1. The number of esters is 1. The van der Waals surface area contributed by atoms with Crippen molar-refractivity contribution in [3.63, 3.8) is 0 Å². The van der Waals surface area contributed by atoms with E-state index in [1.54, 1.807) is 24.3 Å². The van der Waals surface area contributed by atoms with Crippen LogP contribution >= 0.6 is 0 Å². The Morgan fingerprint density at radius 1 is 1.11 bits per heavy atom. The fourth-order valence-corrected chi connectivity index (χ4v) is 3.46. The summed E-state index contributed by atoms with van der Waals surface area (Å²) in [6.07, 6.45) is -12.2. The molecule has 1 aromatic carbocycles. The third kappa shape index (κ3) is 7.31. The van der Waals surface area contributed by atoms with Crippen molar-refractivity contribution < 1.29 is 45.4 Å². The van der Waals surface area contributed by atoms with Crippen LogP contribution in [0.1, 0.15) is 35.9 Å². The summed E-state index contributed by atoms with van der Waals surface area (Å²) < 4.78 is 86.9. The number of nitrogens with two attached hydrogens (primary N) is 1. The van der Waals surface area contributed by atoms with Gasteiger partial charge in [0.25, 0.3) is 0 Å². The molecule has 1 saturated heterocycles. The second-order valence-corrected chi connectivity index (χ2v) is 7.83. The smallest absolute Gasteiger partial charge is 0.472 e. The highest BCUT2D eigenvalue weighted by atomic mass is 19.4. The SMILES string of the molecule is NC(OC(=O)C(F)(F)F)c1cc(O[C@H]2CCCN(C(=O)Cc3ccccc3)C2)nc(C(F)(F)F)c1. The average Bonchev–Trinajstić information content (AvgIpc) is 2.78. The van der Waals surface area contributed by atoms with Crippen molar-refractivity contribution in [3.05, 3.63) is 59.3 Å². The van der Waals surface area contributed by atoms with Crippen molar-refractivity contribution in [2.24, 2.45) is 5.73 Å². The van der Waals surface area contributed by atoms with E-state index in [1.807, 2.05) is 6.07 Å². The van der Waals surface area contributed by atoms with E-state index < -0.39 is 47.8 Å². The molecule has 0 radical (unpaired) electrons. The zero-order chi connectivity index (χ0) is 25.8. The molecule has 0 aliphatic carbocycles. The Balaban J connectivity index is 1.75. The lowest BCUT2D eigenvalue weighted by Crippen LogP contribution is -2.45. The van der Waals surface area contributed by atoms with E-state index in [9.17, 15) is 35.9 Å². The van der Waals surface area contributed by atoms with Crippen molar-refractivity contribution >= 4 is 11.9 Å². The molecule has 2 heterocycles. The van der Waals surface area contributed by atoms with Crippen molar-refractivity contribution in [3.8, 4) is 5.88 Å². The summed E-state index contributed by atoms with van der Waals surface area (Å²) in [7, 11) is 0. The van der Waals surface area contributed by atoms with Gasteiger partial charge in [0, 0.05) is 18.2 Å². The lowest BCUT2D eigenvalue weighted by Gasteiger charge is -2.33. The van der Waals surface area contributed by atoms with Crippen LogP contribution in [0.3, 0.4) is 0 Å². The summed E-state index contributed by atoms with van der Waals surface area (Å²) in [5, 5.41) is 0. The van der Waals surface area contributed by atoms with Gasteiger partial charge in [-0.15, -0.1) is 0 Å². The van der Waals surface area contributed by atoms with E-state index in [4.69, 9.17) is 10.5 Å². The van der Waals surface area contributed by atoms with Gasteiger partial charge in [0.2, 0.25) is 11.8 Å². The molecule has 0 bridgehead atoms.